The van der Waals surface area contributed by atoms with E-state index in [4.69, 9.17) is 0 Å². The molecule has 0 nitrogen and oxygen atoms in total. The van der Waals surface area contributed by atoms with Gasteiger partial charge in [-0.15, -0.1) is 0 Å². The highest BCUT2D eigenvalue weighted by atomic mass is 14.8. The minimum absolute atomic E-state index is 0.768. The van der Waals surface area contributed by atoms with Gasteiger partial charge in [0, 0.05) is 0 Å². The van der Waals surface area contributed by atoms with Crippen LogP contribution < -0.4 is 0 Å². The van der Waals surface area contributed by atoms with E-state index in [-0.39, 0.29) is 0 Å². The van der Waals surface area contributed by atoms with Crippen LogP contribution in [0.4, 0.5) is 0 Å². The third-order valence-electron chi connectivity index (χ3n) is 8.69. The molecule has 0 saturated heterocycles. The molecule has 6 rings (SSSR count). The van der Waals surface area contributed by atoms with Gasteiger partial charge >= 0.3 is 0 Å². The van der Waals surface area contributed by atoms with Crippen molar-refractivity contribution in [1.29, 1.82) is 0 Å². The molecular weight excluding hydrogens is 216 g/mol. The van der Waals surface area contributed by atoms with Crippen LogP contribution in [0, 0.1) is 58.7 Å². The van der Waals surface area contributed by atoms with E-state index in [9.17, 15) is 0 Å². The van der Waals surface area contributed by atoms with Gasteiger partial charge in [-0.25, -0.2) is 0 Å². The molecule has 0 heteroatoms. The first-order valence-corrected chi connectivity index (χ1v) is 8.46. The fraction of sp³-hybridized carbons (Fsp3) is 0.889. The summed E-state index contributed by atoms with van der Waals surface area (Å²) < 4.78 is 0. The minimum Gasteiger partial charge on any atom is -0.0848 e. The first-order valence-electron chi connectivity index (χ1n) is 8.46. The molecule has 0 heterocycles. The molecule has 5 fully saturated rings. The molecule has 10 unspecified atom stereocenters. The minimum atomic E-state index is 0.768. The Kier molecular flexibility index (Phi) is 1.40. The SMILES string of the molecule is CC12CC(C3C4C=CC(C4)C31)C1C3CCC(C3)C12. The highest BCUT2D eigenvalue weighted by molar-refractivity contribution is 5.27. The second kappa shape index (κ2) is 2.63. The first kappa shape index (κ1) is 9.61. The van der Waals surface area contributed by atoms with Gasteiger partial charge in [-0.3, -0.25) is 0 Å². The molecule has 0 radical (unpaired) electrons. The fourth-order valence-corrected chi connectivity index (χ4v) is 8.83. The van der Waals surface area contributed by atoms with Gasteiger partial charge in [-0.2, -0.15) is 0 Å². The lowest BCUT2D eigenvalue weighted by atomic mass is 9.55. The molecule has 0 aromatic rings. The predicted octanol–water partition coefficient (Wildman–Crippen LogP) is 4.13. The van der Waals surface area contributed by atoms with Crippen molar-refractivity contribution in [2.24, 2.45) is 58.7 Å². The van der Waals surface area contributed by atoms with E-state index >= 15 is 0 Å². The Morgan fingerprint density at radius 1 is 0.889 bits per heavy atom. The number of hydrogen-bond acceptors (Lipinski definition) is 0. The fourth-order valence-electron chi connectivity index (χ4n) is 8.83. The number of rotatable bonds is 0. The third-order valence-corrected chi connectivity index (χ3v) is 8.69. The van der Waals surface area contributed by atoms with E-state index in [1.165, 1.54) is 12.3 Å². The molecule has 18 heavy (non-hydrogen) atoms. The summed E-state index contributed by atoms with van der Waals surface area (Å²) in [5.41, 5.74) is 0.768. The quantitative estimate of drug-likeness (QED) is 0.441. The Morgan fingerprint density at radius 2 is 1.72 bits per heavy atom. The molecule has 96 valence electrons. The monoisotopic (exact) mass is 240 g/mol. The van der Waals surface area contributed by atoms with E-state index in [1.54, 1.807) is 25.7 Å². The van der Waals surface area contributed by atoms with Crippen molar-refractivity contribution in [1.82, 2.24) is 0 Å². The largest absolute Gasteiger partial charge is 0.0848 e. The van der Waals surface area contributed by atoms with Crippen molar-refractivity contribution < 1.29 is 0 Å². The number of fused-ring (bicyclic) bond motifs is 16. The highest BCUT2D eigenvalue weighted by Crippen LogP contribution is 2.80. The smallest absolute Gasteiger partial charge is 0.0191 e. The highest BCUT2D eigenvalue weighted by Gasteiger charge is 2.74. The topological polar surface area (TPSA) is 0 Å². The van der Waals surface area contributed by atoms with Gasteiger partial charge in [-0.1, -0.05) is 19.1 Å². The van der Waals surface area contributed by atoms with Crippen molar-refractivity contribution in [2.45, 2.75) is 39.0 Å². The lowest BCUT2D eigenvalue weighted by Gasteiger charge is -2.49. The number of hydrogen-bond donors (Lipinski definition) is 0. The van der Waals surface area contributed by atoms with E-state index in [2.05, 4.69) is 19.1 Å². The van der Waals surface area contributed by atoms with Crippen LogP contribution in [0.2, 0.25) is 0 Å². The van der Waals surface area contributed by atoms with Crippen LogP contribution in [0.1, 0.15) is 39.0 Å². The zero-order valence-corrected chi connectivity index (χ0v) is 11.4. The van der Waals surface area contributed by atoms with Crippen LogP contribution in [0.5, 0.6) is 0 Å². The standard InChI is InChI=1S/C18H24/c1-18-8-13(14-9-2-4-11(6-9)16(14)18)15-10-3-5-12(7-10)17(15)18/h2,4,9-17H,3,5-8H2,1H3. The molecule has 0 aromatic carbocycles. The Hall–Kier alpha value is -0.260. The van der Waals surface area contributed by atoms with Crippen LogP contribution in [0.3, 0.4) is 0 Å². The molecule has 6 aliphatic rings. The molecule has 0 spiro atoms. The molecule has 5 saturated carbocycles. The van der Waals surface area contributed by atoms with E-state index < -0.39 is 0 Å². The van der Waals surface area contributed by atoms with E-state index in [1.807, 2.05) is 0 Å². The average Bonchev–Trinajstić information content (AvgIpc) is 3.15. The molecular formula is C18H24. The van der Waals surface area contributed by atoms with Gasteiger partial charge < -0.3 is 0 Å². The first-order chi connectivity index (χ1) is 8.77. The summed E-state index contributed by atoms with van der Waals surface area (Å²) in [6.45, 7) is 2.73. The summed E-state index contributed by atoms with van der Waals surface area (Å²) in [5, 5.41) is 0. The summed E-state index contributed by atoms with van der Waals surface area (Å²) >= 11 is 0. The molecule has 10 atom stereocenters. The maximum absolute atomic E-state index is 2.73. The zero-order valence-electron chi connectivity index (χ0n) is 11.4. The van der Waals surface area contributed by atoms with Gasteiger partial charge in [0.2, 0.25) is 0 Å². The molecule has 6 bridgehead atoms. The Labute approximate surface area is 110 Å². The summed E-state index contributed by atoms with van der Waals surface area (Å²) in [7, 11) is 0. The summed E-state index contributed by atoms with van der Waals surface area (Å²) in [6, 6.07) is 0. The zero-order chi connectivity index (χ0) is 11.6. The van der Waals surface area contributed by atoms with Crippen LogP contribution in [0.25, 0.3) is 0 Å². The molecule has 0 N–H and O–H groups in total. The van der Waals surface area contributed by atoms with Crippen molar-refractivity contribution in [3.05, 3.63) is 12.2 Å². The van der Waals surface area contributed by atoms with Crippen molar-refractivity contribution >= 4 is 0 Å². The average molecular weight is 240 g/mol. The predicted molar refractivity (Wildman–Crippen MR) is 71.7 cm³/mol. The van der Waals surface area contributed by atoms with Crippen LogP contribution in [-0.4, -0.2) is 0 Å². The van der Waals surface area contributed by atoms with E-state index in [0.717, 1.165) is 52.8 Å². The van der Waals surface area contributed by atoms with Crippen LogP contribution in [0.15, 0.2) is 12.2 Å². The lowest BCUT2D eigenvalue weighted by Crippen LogP contribution is -2.44. The van der Waals surface area contributed by atoms with Crippen molar-refractivity contribution in [3.63, 3.8) is 0 Å². The molecule has 0 aromatic heterocycles. The summed E-state index contributed by atoms with van der Waals surface area (Å²) in [4.78, 5) is 0. The van der Waals surface area contributed by atoms with E-state index in [0.29, 0.717) is 0 Å². The van der Waals surface area contributed by atoms with Crippen molar-refractivity contribution in [3.8, 4) is 0 Å². The maximum atomic E-state index is 2.73. The van der Waals surface area contributed by atoms with Gasteiger partial charge in [0.15, 0.2) is 0 Å². The van der Waals surface area contributed by atoms with Gasteiger partial charge in [0.25, 0.3) is 0 Å². The summed E-state index contributed by atoms with van der Waals surface area (Å²) in [5.74, 6) is 10.1. The Balaban J connectivity index is 1.53. The normalized spacial score (nSPS) is 73.3. The Bertz CT molecular complexity index is 463. The molecule has 6 aliphatic carbocycles. The number of allylic oxidation sites excluding steroid dienone is 2. The third kappa shape index (κ3) is 0.768. The van der Waals surface area contributed by atoms with Gasteiger partial charge in [0.1, 0.15) is 0 Å². The molecule has 0 aliphatic heterocycles. The molecule has 0 amide bonds. The second-order valence-corrected chi connectivity index (χ2v) is 8.86. The lowest BCUT2D eigenvalue weighted by molar-refractivity contribution is -0.00470. The second-order valence-electron chi connectivity index (χ2n) is 8.86. The van der Waals surface area contributed by atoms with Crippen molar-refractivity contribution in [2.75, 3.05) is 0 Å². The van der Waals surface area contributed by atoms with Crippen LogP contribution in [-0.2, 0) is 0 Å². The van der Waals surface area contributed by atoms with Gasteiger partial charge in [0.05, 0.1) is 0 Å². The van der Waals surface area contributed by atoms with Crippen LogP contribution >= 0.6 is 0 Å². The Morgan fingerprint density at radius 3 is 2.67 bits per heavy atom. The maximum Gasteiger partial charge on any atom is -0.0191 e. The van der Waals surface area contributed by atoms with Gasteiger partial charge in [-0.05, 0) is 90.8 Å². The summed E-state index contributed by atoms with van der Waals surface area (Å²) in [6.07, 6.45) is 13.2.